The van der Waals surface area contributed by atoms with Gasteiger partial charge in [-0.25, -0.2) is 0 Å². The Kier molecular flexibility index (Phi) is 5.49. The Balaban J connectivity index is 2.04. The Morgan fingerprint density at radius 2 is 2.38 bits per heavy atom. The van der Waals surface area contributed by atoms with Crippen LogP contribution in [0, 0.1) is 16.0 Å². The van der Waals surface area contributed by atoms with Crippen molar-refractivity contribution < 1.29 is 9.66 Å². The molecule has 1 saturated heterocycles. The second-order valence-electron chi connectivity index (χ2n) is 5.45. The van der Waals surface area contributed by atoms with Crippen molar-refractivity contribution in [1.29, 1.82) is 0 Å². The number of nitro groups is 1. The molecule has 3 N–H and O–H groups in total. The number of benzene rings is 1. The molecule has 0 saturated carbocycles. The number of nitrogens with zero attached hydrogens (tertiary/aromatic N) is 2. The van der Waals surface area contributed by atoms with Crippen LogP contribution in [0.2, 0.25) is 0 Å². The van der Waals surface area contributed by atoms with Crippen LogP contribution in [-0.2, 0) is 11.3 Å². The van der Waals surface area contributed by atoms with E-state index in [0.717, 1.165) is 38.2 Å². The number of nitrogen functional groups attached to an aromatic ring is 1. The van der Waals surface area contributed by atoms with Crippen LogP contribution in [0.4, 0.5) is 11.4 Å². The number of nitrogens with one attached hydrogen (secondary N) is 1. The molecule has 0 amide bonds. The second kappa shape index (κ2) is 7.35. The molecule has 1 aromatic carbocycles. The predicted molar refractivity (Wildman–Crippen MR) is 80.8 cm³/mol. The number of hydrazine groups is 1. The molecule has 2 rings (SSSR count). The number of ether oxygens (including phenoxy) is 1. The lowest BCUT2D eigenvalue weighted by Crippen LogP contribution is -2.36. The van der Waals surface area contributed by atoms with E-state index in [0.29, 0.717) is 11.6 Å². The Hall–Kier alpha value is -1.70. The van der Waals surface area contributed by atoms with Crippen molar-refractivity contribution >= 4 is 11.4 Å². The number of anilines is 1. The molecule has 1 fully saturated rings. The zero-order valence-electron chi connectivity index (χ0n) is 12.2. The van der Waals surface area contributed by atoms with Gasteiger partial charge in [0.15, 0.2) is 0 Å². The first kappa shape index (κ1) is 15.7. The minimum absolute atomic E-state index is 0.00264. The van der Waals surface area contributed by atoms with Gasteiger partial charge in [-0.2, -0.15) is 0 Å². The monoisotopic (exact) mass is 294 g/mol. The van der Waals surface area contributed by atoms with Crippen molar-refractivity contribution in [3.8, 4) is 0 Å². The van der Waals surface area contributed by atoms with Crippen LogP contribution >= 0.6 is 0 Å². The molecule has 0 radical (unpaired) electrons. The molecule has 116 valence electrons. The molecule has 7 heteroatoms. The fourth-order valence-corrected chi connectivity index (χ4v) is 2.88. The zero-order chi connectivity index (χ0) is 15.2. The quantitative estimate of drug-likeness (QED) is 0.471. The highest BCUT2D eigenvalue weighted by atomic mass is 16.6. The minimum atomic E-state index is -0.436. The van der Waals surface area contributed by atoms with Gasteiger partial charge in [0.25, 0.3) is 5.69 Å². The molecular weight excluding hydrogens is 272 g/mol. The van der Waals surface area contributed by atoms with Gasteiger partial charge in [-0.15, -0.1) is 0 Å². The highest BCUT2D eigenvalue weighted by molar-refractivity contribution is 5.62. The summed E-state index contributed by atoms with van der Waals surface area (Å²) in [6.45, 7) is 3.60. The third-order valence-electron chi connectivity index (χ3n) is 3.82. The lowest BCUT2D eigenvalue weighted by Gasteiger charge is -2.32. The van der Waals surface area contributed by atoms with Gasteiger partial charge in [-0.3, -0.25) is 20.9 Å². The molecule has 1 atom stereocenters. The van der Waals surface area contributed by atoms with E-state index in [-0.39, 0.29) is 5.69 Å². The standard InChI is InChI=1S/C14H22N4O3/c1-21-10-12-3-2-6-17(9-12)8-11-4-5-14(18(19)20)13(7-11)16-15/h4-5,7,12,16H,2-3,6,8-10,15H2,1H3. The summed E-state index contributed by atoms with van der Waals surface area (Å²) in [4.78, 5) is 12.8. The summed E-state index contributed by atoms with van der Waals surface area (Å²) in [5.41, 5.74) is 3.77. The van der Waals surface area contributed by atoms with Gasteiger partial charge in [0.1, 0.15) is 5.69 Å². The van der Waals surface area contributed by atoms with Crippen molar-refractivity contribution in [3.63, 3.8) is 0 Å². The van der Waals surface area contributed by atoms with Crippen LogP contribution in [0.1, 0.15) is 18.4 Å². The third kappa shape index (κ3) is 4.13. The topological polar surface area (TPSA) is 93.7 Å². The average Bonchev–Trinajstić information content (AvgIpc) is 2.47. The number of methoxy groups -OCH3 is 1. The average molecular weight is 294 g/mol. The Morgan fingerprint density at radius 3 is 3.05 bits per heavy atom. The van der Waals surface area contributed by atoms with Crippen LogP contribution in [0.5, 0.6) is 0 Å². The van der Waals surface area contributed by atoms with Crippen molar-refractivity contribution in [1.82, 2.24) is 4.90 Å². The van der Waals surface area contributed by atoms with Crippen LogP contribution in [0.15, 0.2) is 18.2 Å². The number of hydrogen-bond acceptors (Lipinski definition) is 6. The molecule has 1 unspecified atom stereocenters. The Labute approximate surface area is 124 Å². The maximum absolute atomic E-state index is 10.9. The number of likely N-dealkylation sites (tertiary alicyclic amines) is 1. The van der Waals surface area contributed by atoms with E-state index in [1.807, 2.05) is 0 Å². The summed E-state index contributed by atoms with van der Waals surface area (Å²) in [5, 5.41) is 10.9. The summed E-state index contributed by atoms with van der Waals surface area (Å²) in [6, 6.07) is 5.04. The van der Waals surface area contributed by atoms with Gasteiger partial charge < -0.3 is 10.2 Å². The van der Waals surface area contributed by atoms with E-state index in [2.05, 4.69) is 10.3 Å². The molecule has 0 aliphatic carbocycles. The van der Waals surface area contributed by atoms with Crippen LogP contribution in [-0.4, -0.2) is 36.6 Å². The zero-order valence-corrected chi connectivity index (χ0v) is 12.2. The molecule has 7 nitrogen and oxygen atoms in total. The SMILES string of the molecule is COCC1CCCN(Cc2ccc([N+](=O)[O-])c(NN)c2)C1. The first-order chi connectivity index (χ1) is 10.1. The maximum Gasteiger partial charge on any atom is 0.293 e. The van der Waals surface area contributed by atoms with Crippen molar-refractivity contribution in [3.05, 3.63) is 33.9 Å². The van der Waals surface area contributed by atoms with Gasteiger partial charge >= 0.3 is 0 Å². The van der Waals surface area contributed by atoms with E-state index >= 15 is 0 Å². The molecule has 21 heavy (non-hydrogen) atoms. The minimum Gasteiger partial charge on any atom is -0.384 e. The number of nitro benzene ring substituents is 1. The van der Waals surface area contributed by atoms with Crippen molar-refractivity contribution in [2.24, 2.45) is 11.8 Å². The Morgan fingerprint density at radius 1 is 1.57 bits per heavy atom. The highest BCUT2D eigenvalue weighted by Gasteiger charge is 2.20. The smallest absolute Gasteiger partial charge is 0.293 e. The van der Waals surface area contributed by atoms with Crippen LogP contribution in [0.25, 0.3) is 0 Å². The molecule has 0 spiro atoms. The van der Waals surface area contributed by atoms with Gasteiger partial charge in [0, 0.05) is 26.3 Å². The van der Waals surface area contributed by atoms with Gasteiger partial charge in [0.05, 0.1) is 11.5 Å². The van der Waals surface area contributed by atoms with Crippen molar-refractivity contribution in [2.75, 3.05) is 32.2 Å². The third-order valence-corrected chi connectivity index (χ3v) is 3.82. The fraction of sp³-hybridized carbons (Fsp3) is 0.571. The molecule has 0 aromatic heterocycles. The van der Waals surface area contributed by atoms with Gasteiger partial charge in [-0.05, 0) is 36.9 Å². The summed E-state index contributed by atoms with van der Waals surface area (Å²) in [5.74, 6) is 5.93. The lowest BCUT2D eigenvalue weighted by molar-refractivity contribution is -0.384. The van der Waals surface area contributed by atoms with Gasteiger partial charge in [-0.1, -0.05) is 6.07 Å². The number of hydrogen-bond donors (Lipinski definition) is 2. The van der Waals surface area contributed by atoms with Gasteiger partial charge in [0.2, 0.25) is 0 Å². The van der Waals surface area contributed by atoms with E-state index in [9.17, 15) is 10.1 Å². The molecule has 1 aliphatic rings. The van der Waals surface area contributed by atoms with Crippen LogP contribution in [0.3, 0.4) is 0 Å². The first-order valence-electron chi connectivity index (χ1n) is 7.09. The summed E-state index contributed by atoms with van der Waals surface area (Å²) in [7, 11) is 1.73. The molecule has 1 aliphatic heterocycles. The fourth-order valence-electron chi connectivity index (χ4n) is 2.88. The van der Waals surface area contributed by atoms with E-state index in [4.69, 9.17) is 10.6 Å². The largest absolute Gasteiger partial charge is 0.384 e. The highest BCUT2D eigenvalue weighted by Crippen LogP contribution is 2.26. The molecule has 1 aromatic rings. The predicted octanol–water partition coefficient (Wildman–Crippen LogP) is 1.74. The van der Waals surface area contributed by atoms with Crippen molar-refractivity contribution in [2.45, 2.75) is 19.4 Å². The maximum atomic E-state index is 10.9. The Bertz CT molecular complexity index is 493. The van der Waals surface area contributed by atoms with E-state index in [1.54, 1.807) is 19.2 Å². The molecule has 1 heterocycles. The normalized spacial score (nSPS) is 19.4. The first-order valence-corrected chi connectivity index (χ1v) is 7.09. The number of piperidine rings is 1. The second-order valence-corrected chi connectivity index (χ2v) is 5.45. The van der Waals surface area contributed by atoms with Crippen LogP contribution < -0.4 is 11.3 Å². The summed E-state index contributed by atoms with van der Waals surface area (Å²) >= 11 is 0. The number of rotatable bonds is 6. The van der Waals surface area contributed by atoms with E-state index < -0.39 is 4.92 Å². The summed E-state index contributed by atoms with van der Waals surface area (Å²) < 4.78 is 5.23. The lowest BCUT2D eigenvalue weighted by atomic mass is 9.98. The molecular formula is C14H22N4O3. The summed E-state index contributed by atoms with van der Waals surface area (Å²) in [6.07, 6.45) is 2.35. The molecule has 0 bridgehead atoms. The number of nitrogens with two attached hydrogens (primary N) is 1. The van der Waals surface area contributed by atoms with E-state index in [1.165, 1.54) is 12.5 Å².